The molecule has 0 saturated heterocycles. The monoisotopic (exact) mass is 293 g/mol. The molecule has 22 heavy (non-hydrogen) atoms. The first-order valence-corrected chi connectivity index (χ1v) is 8.28. The largest absolute Gasteiger partial charge is 0.299 e. The molecule has 1 saturated carbocycles. The second kappa shape index (κ2) is 6.87. The Hall–Kier alpha value is -1.96. The van der Waals surface area contributed by atoms with Gasteiger partial charge in [-0.15, -0.1) is 0 Å². The topological polar surface area (TPSA) is 30.0 Å². The first kappa shape index (κ1) is 15.0. The second-order valence-electron chi connectivity index (χ2n) is 6.30. The van der Waals surface area contributed by atoms with Crippen LogP contribution in [0.2, 0.25) is 0 Å². The Morgan fingerprint density at radius 2 is 1.91 bits per heavy atom. The first-order chi connectivity index (χ1) is 10.8. The van der Waals surface area contributed by atoms with Crippen molar-refractivity contribution in [3.8, 4) is 11.3 Å². The maximum atomic E-state index is 12.6. The van der Waals surface area contributed by atoms with Crippen LogP contribution in [0.1, 0.15) is 43.2 Å². The standard InChI is InChI=1S/C20H23NO/c1-15-8-7-11-17(20(15)18-12-5-6-13-21-18)14-19(22)16-9-3-2-4-10-16/h5-8,11-13,16H,2-4,9-10,14H2,1H3. The minimum atomic E-state index is 0.269. The molecule has 114 valence electrons. The van der Waals surface area contributed by atoms with Gasteiger partial charge in [0.25, 0.3) is 0 Å². The smallest absolute Gasteiger partial charge is 0.140 e. The Balaban J connectivity index is 1.87. The molecule has 0 unspecified atom stereocenters. The van der Waals surface area contributed by atoms with Crippen LogP contribution in [0.15, 0.2) is 42.6 Å². The lowest BCUT2D eigenvalue weighted by Crippen LogP contribution is -2.20. The maximum Gasteiger partial charge on any atom is 0.140 e. The zero-order valence-corrected chi connectivity index (χ0v) is 13.2. The van der Waals surface area contributed by atoms with Crippen LogP contribution in [-0.4, -0.2) is 10.8 Å². The van der Waals surface area contributed by atoms with Crippen LogP contribution in [0, 0.1) is 12.8 Å². The van der Waals surface area contributed by atoms with Gasteiger partial charge in [0, 0.05) is 24.1 Å². The van der Waals surface area contributed by atoms with E-state index in [0.29, 0.717) is 12.2 Å². The molecule has 1 fully saturated rings. The SMILES string of the molecule is Cc1cccc(CC(=O)C2CCCCC2)c1-c1ccccn1. The number of hydrogen-bond acceptors (Lipinski definition) is 2. The minimum absolute atomic E-state index is 0.269. The fourth-order valence-electron chi connectivity index (χ4n) is 3.51. The lowest BCUT2D eigenvalue weighted by Gasteiger charge is -2.21. The van der Waals surface area contributed by atoms with E-state index in [-0.39, 0.29) is 5.92 Å². The average molecular weight is 293 g/mol. The van der Waals surface area contributed by atoms with Gasteiger partial charge < -0.3 is 0 Å². The van der Waals surface area contributed by atoms with Crippen LogP contribution in [0.25, 0.3) is 11.3 Å². The molecule has 1 aromatic carbocycles. The molecule has 1 aliphatic carbocycles. The lowest BCUT2D eigenvalue weighted by atomic mass is 9.83. The van der Waals surface area contributed by atoms with Gasteiger partial charge in [-0.25, -0.2) is 0 Å². The Morgan fingerprint density at radius 3 is 2.64 bits per heavy atom. The van der Waals surface area contributed by atoms with Gasteiger partial charge in [0.1, 0.15) is 5.78 Å². The molecule has 0 amide bonds. The molecule has 0 atom stereocenters. The van der Waals surface area contributed by atoms with Gasteiger partial charge in [-0.1, -0.05) is 43.5 Å². The number of Topliss-reactive ketones (excluding diaryl/α,β-unsaturated/α-hetero) is 1. The molecule has 1 heterocycles. The van der Waals surface area contributed by atoms with E-state index in [1.165, 1.54) is 24.8 Å². The van der Waals surface area contributed by atoms with Crippen LogP contribution < -0.4 is 0 Å². The number of carbonyl (C=O) groups is 1. The zero-order valence-electron chi connectivity index (χ0n) is 13.2. The van der Waals surface area contributed by atoms with Crippen molar-refractivity contribution in [3.05, 3.63) is 53.7 Å². The maximum absolute atomic E-state index is 12.6. The molecule has 1 aliphatic rings. The van der Waals surface area contributed by atoms with Gasteiger partial charge in [0.15, 0.2) is 0 Å². The normalized spacial score (nSPS) is 15.7. The summed E-state index contributed by atoms with van der Waals surface area (Å²) < 4.78 is 0. The molecule has 0 N–H and O–H groups in total. The number of hydrogen-bond donors (Lipinski definition) is 0. The Kier molecular flexibility index (Phi) is 4.67. The first-order valence-electron chi connectivity index (χ1n) is 8.28. The fourth-order valence-corrected chi connectivity index (χ4v) is 3.51. The van der Waals surface area contributed by atoms with Crippen molar-refractivity contribution in [3.63, 3.8) is 0 Å². The molecule has 0 radical (unpaired) electrons. The highest BCUT2D eigenvalue weighted by molar-refractivity contribution is 5.85. The summed E-state index contributed by atoms with van der Waals surface area (Å²) in [5.74, 6) is 0.674. The fraction of sp³-hybridized carbons (Fsp3) is 0.400. The van der Waals surface area contributed by atoms with Crippen molar-refractivity contribution >= 4 is 5.78 Å². The third-order valence-corrected chi connectivity index (χ3v) is 4.71. The number of aromatic nitrogens is 1. The van der Waals surface area contributed by atoms with Crippen molar-refractivity contribution in [2.75, 3.05) is 0 Å². The molecular formula is C20H23NO. The van der Waals surface area contributed by atoms with Crippen molar-refractivity contribution < 1.29 is 4.79 Å². The quantitative estimate of drug-likeness (QED) is 0.814. The van der Waals surface area contributed by atoms with Crippen LogP contribution in [-0.2, 0) is 11.2 Å². The highest BCUT2D eigenvalue weighted by Gasteiger charge is 2.22. The number of ketones is 1. The van der Waals surface area contributed by atoms with Crippen molar-refractivity contribution in [2.45, 2.75) is 45.4 Å². The van der Waals surface area contributed by atoms with E-state index in [1.807, 2.05) is 30.5 Å². The predicted molar refractivity (Wildman–Crippen MR) is 89.7 cm³/mol. The van der Waals surface area contributed by atoms with E-state index >= 15 is 0 Å². The molecule has 0 spiro atoms. The molecule has 2 heteroatoms. The summed E-state index contributed by atoms with van der Waals surface area (Å²) in [6.07, 6.45) is 8.20. The van der Waals surface area contributed by atoms with Crippen molar-refractivity contribution in [1.82, 2.24) is 4.98 Å². The number of benzene rings is 1. The Bertz CT molecular complexity index is 642. The molecule has 2 aromatic rings. The van der Waals surface area contributed by atoms with E-state index in [9.17, 15) is 4.79 Å². The molecule has 3 rings (SSSR count). The van der Waals surface area contributed by atoms with E-state index < -0.39 is 0 Å². The van der Waals surface area contributed by atoms with Gasteiger partial charge in [-0.3, -0.25) is 9.78 Å². The third kappa shape index (κ3) is 3.27. The third-order valence-electron chi connectivity index (χ3n) is 4.71. The van der Waals surface area contributed by atoms with Crippen molar-refractivity contribution in [1.29, 1.82) is 0 Å². The van der Waals surface area contributed by atoms with E-state index in [0.717, 1.165) is 29.7 Å². The summed E-state index contributed by atoms with van der Waals surface area (Å²) >= 11 is 0. The summed E-state index contributed by atoms with van der Waals surface area (Å²) in [4.78, 5) is 17.1. The lowest BCUT2D eigenvalue weighted by molar-refractivity contribution is -0.123. The molecule has 2 nitrogen and oxygen atoms in total. The van der Waals surface area contributed by atoms with Gasteiger partial charge in [-0.05, 0) is 43.0 Å². The van der Waals surface area contributed by atoms with Crippen LogP contribution in [0.4, 0.5) is 0 Å². The van der Waals surface area contributed by atoms with Gasteiger partial charge in [0.2, 0.25) is 0 Å². The number of pyridine rings is 1. The number of rotatable bonds is 4. The number of nitrogens with zero attached hydrogens (tertiary/aromatic N) is 1. The van der Waals surface area contributed by atoms with Crippen LogP contribution >= 0.6 is 0 Å². The van der Waals surface area contributed by atoms with Gasteiger partial charge in [-0.2, -0.15) is 0 Å². The number of carbonyl (C=O) groups excluding carboxylic acids is 1. The Labute approximate surface area is 132 Å². The van der Waals surface area contributed by atoms with E-state index in [4.69, 9.17) is 0 Å². The van der Waals surface area contributed by atoms with Crippen LogP contribution in [0.3, 0.4) is 0 Å². The highest BCUT2D eigenvalue weighted by Crippen LogP contribution is 2.29. The summed E-state index contributed by atoms with van der Waals surface area (Å²) in [5.41, 5.74) is 4.40. The molecule has 0 bridgehead atoms. The molecule has 1 aromatic heterocycles. The summed E-state index contributed by atoms with van der Waals surface area (Å²) in [5, 5.41) is 0. The number of aryl methyl sites for hydroxylation is 1. The average Bonchev–Trinajstić information content (AvgIpc) is 2.56. The summed E-state index contributed by atoms with van der Waals surface area (Å²) in [7, 11) is 0. The van der Waals surface area contributed by atoms with Crippen molar-refractivity contribution in [2.24, 2.45) is 5.92 Å². The van der Waals surface area contributed by atoms with E-state index in [1.54, 1.807) is 0 Å². The Morgan fingerprint density at radius 1 is 1.09 bits per heavy atom. The van der Waals surface area contributed by atoms with Gasteiger partial charge >= 0.3 is 0 Å². The molecule has 0 aliphatic heterocycles. The van der Waals surface area contributed by atoms with E-state index in [2.05, 4.69) is 24.0 Å². The summed E-state index contributed by atoms with van der Waals surface area (Å²) in [6.45, 7) is 2.10. The van der Waals surface area contributed by atoms with Gasteiger partial charge in [0.05, 0.1) is 5.69 Å². The second-order valence-corrected chi connectivity index (χ2v) is 6.30. The zero-order chi connectivity index (χ0) is 15.4. The minimum Gasteiger partial charge on any atom is -0.299 e. The molecular weight excluding hydrogens is 270 g/mol. The summed E-state index contributed by atoms with van der Waals surface area (Å²) in [6, 6.07) is 12.2. The predicted octanol–water partition coefficient (Wildman–Crippen LogP) is 4.75. The van der Waals surface area contributed by atoms with Crippen LogP contribution in [0.5, 0.6) is 0 Å². The highest BCUT2D eigenvalue weighted by atomic mass is 16.1.